The number of pyridine rings is 1. The van der Waals surface area contributed by atoms with Crippen LogP contribution in [0.15, 0.2) is 12.1 Å². The van der Waals surface area contributed by atoms with E-state index in [0.29, 0.717) is 31.3 Å². The molecule has 2 heterocycles. The van der Waals surface area contributed by atoms with Gasteiger partial charge >= 0.3 is 0 Å². The summed E-state index contributed by atoms with van der Waals surface area (Å²) in [6.07, 6.45) is 0.653. The first kappa shape index (κ1) is 14.6. The third-order valence-electron chi connectivity index (χ3n) is 2.88. The van der Waals surface area contributed by atoms with Gasteiger partial charge in [0.15, 0.2) is 5.65 Å². The summed E-state index contributed by atoms with van der Waals surface area (Å²) in [5, 5.41) is 2.77. The molecule has 0 atom stereocenters. The van der Waals surface area contributed by atoms with E-state index in [0.717, 1.165) is 17.0 Å². The number of imidazole rings is 1. The van der Waals surface area contributed by atoms with Crippen LogP contribution in [0, 0.1) is 0 Å². The van der Waals surface area contributed by atoms with Gasteiger partial charge in [0, 0.05) is 38.4 Å². The number of amides is 1. The Kier molecular flexibility index (Phi) is 4.79. The molecule has 0 unspecified atom stereocenters. The van der Waals surface area contributed by atoms with Gasteiger partial charge in [0.25, 0.3) is 0 Å². The van der Waals surface area contributed by atoms with Crippen molar-refractivity contribution >= 4 is 28.7 Å². The Labute approximate surface area is 122 Å². The van der Waals surface area contributed by atoms with E-state index in [1.165, 1.54) is 6.92 Å². The highest BCUT2D eigenvalue weighted by Crippen LogP contribution is 2.18. The van der Waals surface area contributed by atoms with Gasteiger partial charge in [-0.25, -0.2) is 4.98 Å². The number of nitrogens with zero attached hydrogens (tertiary/aromatic N) is 3. The van der Waals surface area contributed by atoms with Gasteiger partial charge in [0.05, 0.1) is 7.11 Å². The zero-order valence-electron chi connectivity index (χ0n) is 11.5. The monoisotopic (exact) mass is 296 g/mol. The number of aryl methyl sites for hydroxylation is 1. The van der Waals surface area contributed by atoms with E-state index < -0.39 is 0 Å². The minimum Gasteiger partial charge on any atom is -0.481 e. The number of ether oxygens (including phenoxy) is 1. The number of carbonyl (C=O) groups is 1. The molecule has 2 aromatic heterocycles. The Balaban J connectivity index is 2.35. The van der Waals surface area contributed by atoms with Gasteiger partial charge < -0.3 is 14.6 Å². The molecule has 0 aromatic carbocycles. The maximum absolute atomic E-state index is 11.0. The highest BCUT2D eigenvalue weighted by atomic mass is 35.5. The summed E-state index contributed by atoms with van der Waals surface area (Å²) in [5.74, 6) is 1.83. The van der Waals surface area contributed by atoms with Gasteiger partial charge in [-0.15, -0.1) is 11.6 Å². The molecule has 2 aromatic rings. The number of rotatable bonds is 6. The number of hydrogen-bond acceptors (Lipinski definition) is 4. The Morgan fingerprint density at radius 2 is 2.25 bits per heavy atom. The molecule has 20 heavy (non-hydrogen) atoms. The van der Waals surface area contributed by atoms with Crippen LogP contribution in [0.4, 0.5) is 0 Å². The summed E-state index contributed by atoms with van der Waals surface area (Å²) in [6.45, 7) is 2.62. The second kappa shape index (κ2) is 6.56. The molecule has 2 rings (SSSR count). The molecule has 0 aliphatic carbocycles. The van der Waals surface area contributed by atoms with E-state index in [4.69, 9.17) is 16.3 Å². The number of hydrogen-bond donors (Lipinski definition) is 1. The van der Waals surface area contributed by atoms with Gasteiger partial charge in [-0.05, 0) is 6.07 Å². The highest BCUT2D eigenvalue weighted by molar-refractivity contribution is 6.17. The fraction of sp³-hybridized carbons (Fsp3) is 0.462. The molecule has 0 fully saturated rings. The smallest absolute Gasteiger partial charge is 0.216 e. The van der Waals surface area contributed by atoms with Crippen molar-refractivity contribution in [1.29, 1.82) is 0 Å². The topological polar surface area (TPSA) is 69.0 Å². The second-order valence-corrected chi connectivity index (χ2v) is 4.68. The minimum atomic E-state index is -0.0566. The maximum Gasteiger partial charge on any atom is 0.216 e. The molecular weight excluding hydrogens is 280 g/mol. The number of carbonyl (C=O) groups excluding carboxylic acids is 1. The van der Waals surface area contributed by atoms with Crippen LogP contribution in [0.5, 0.6) is 5.88 Å². The Morgan fingerprint density at radius 1 is 1.45 bits per heavy atom. The van der Waals surface area contributed by atoms with Crippen molar-refractivity contribution in [3.63, 3.8) is 0 Å². The van der Waals surface area contributed by atoms with Crippen LogP contribution in [0.25, 0.3) is 11.2 Å². The minimum absolute atomic E-state index is 0.0566. The Morgan fingerprint density at radius 3 is 2.90 bits per heavy atom. The number of nitrogens with one attached hydrogen (secondary N) is 1. The average Bonchev–Trinajstić information content (AvgIpc) is 2.76. The normalized spacial score (nSPS) is 10.8. The van der Waals surface area contributed by atoms with Gasteiger partial charge in [0.1, 0.15) is 11.3 Å². The summed E-state index contributed by atoms with van der Waals surface area (Å²) in [5.41, 5.74) is 1.54. The standard InChI is InChI=1S/C13H17ClN4O2/c1-9(19)15-7-8-18-11(5-6-14)16-10-3-4-12(20-2)17-13(10)18/h3-4H,5-8H2,1-2H3,(H,15,19). The summed E-state index contributed by atoms with van der Waals surface area (Å²) >= 11 is 5.81. The van der Waals surface area contributed by atoms with Gasteiger partial charge in [0.2, 0.25) is 11.8 Å². The molecule has 7 heteroatoms. The van der Waals surface area contributed by atoms with E-state index in [1.54, 1.807) is 13.2 Å². The van der Waals surface area contributed by atoms with E-state index in [2.05, 4.69) is 15.3 Å². The number of halogens is 1. The van der Waals surface area contributed by atoms with Crippen molar-refractivity contribution in [3.05, 3.63) is 18.0 Å². The van der Waals surface area contributed by atoms with Crippen LogP contribution in [0.2, 0.25) is 0 Å². The molecule has 1 N–H and O–H groups in total. The first-order valence-electron chi connectivity index (χ1n) is 6.36. The summed E-state index contributed by atoms with van der Waals surface area (Å²) < 4.78 is 7.11. The van der Waals surface area contributed by atoms with Gasteiger partial charge in [-0.2, -0.15) is 4.98 Å². The SMILES string of the molecule is COc1ccc2nc(CCCl)n(CCNC(C)=O)c2n1. The third kappa shape index (κ3) is 3.19. The summed E-state index contributed by atoms with van der Waals surface area (Å²) in [7, 11) is 1.58. The number of aromatic nitrogens is 3. The molecule has 0 saturated carbocycles. The van der Waals surface area contributed by atoms with Crippen LogP contribution >= 0.6 is 11.6 Å². The lowest BCUT2D eigenvalue weighted by molar-refractivity contribution is -0.118. The lowest BCUT2D eigenvalue weighted by Crippen LogP contribution is -2.25. The van der Waals surface area contributed by atoms with Crippen molar-refractivity contribution < 1.29 is 9.53 Å². The average molecular weight is 297 g/mol. The first-order valence-corrected chi connectivity index (χ1v) is 6.89. The Hall–Kier alpha value is -1.82. The van der Waals surface area contributed by atoms with Crippen LogP contribution in [0.1, 0.15) is 12.7 Å². The van der Waals surface area contributed by atoms with Crippen LogP contribution in [0.3, 0.4) is 0 Å². The predicted molar refractivity (Wildman–Crippen MR) is 77.2 cm³/mol. The third-order valence-corrected chi connectivity index (χ3v) is 3.07. The van der Waals surface area contributed by atoms with Crippen molar-refractivity contribution in [1.82, 2.24) is 19.9 Å². The largest absolute Gasteiger partial charge is 0.481 e. The highest BCUT2D eigenvalue weighted by Gasteiger charge is 2.12. The quantitative estimate of drug-likeness (QED) is 0.817. The van der Waals surface area contributed by atoms with Crippen molar-refractivity contribution in [3.8, 4) is 5.88 Å². The molecule has 0 bridgehead atoms. The van der Waals surface area contributed by atoms with E-state index in [1.807, 2.05) is 10.6 Å². The molecule has 6 nitrogen and oxygen atoms in total. The molecule has 0 spiro atoms. The van der Waals surface area contributed by atoms with E-state index in [9.17, 15) is 4.79 Å². The molecule has 0 aliphatic rings. The van der Waals surface area contributed by atoms with Crippen LogP contribution in [-0.2, 0) is 17.8 Å². The lowest BCUT2D eigenvalue weighted by atomic mass is 10.4. The second-order valence-electron chi connectivity index (χ2n) is 4.30. The zero-order valence-corrected chi connectivity index (χ0v) is 12.3. The Bertz CT molecular complexity index is 612. The molecule has 0 aliphatic heterocycles. The van der Waals surface area contributed by atoms with Crippen molar-refractivity contribution in [2.24, 2.45) is 0 Å². The number of alkyl halides is 1. The molecule has 1 amide bonds. The predicted octanol–water partition coefficient (Wildman–Crippen LogP) is 1.36. The van der Waals surface area contributed by atoms with Crippen molar-refractivity contribution in [2.75, 3.05) is 19.5 Å². The first-order chi connectivity index (χ1) is 9.65. The molecule has 0 radical (unpaired) electrons. The summed E-state index contributed by atoms with van der Waals surface area (Å²) in [6, 6.07) is 3.64. The fourth-order valence-electron chi connectivity index (χ4n) is 2.00. The van der Waals surface area contributed by atoms with Crippen LogP contribution in [-0.4, -0.2) is 40.0 Å². The zero-order chi connectivity index (χ0) is 14.5. The lowest BCUT2D eigenvalue weighted by Gasteiger charge is -2.08. The van der Waals surface area contributed by atoms with Crippen molar-refractivity contribution in [2.45, 2.75) is 19.9 Å². The maximum atomic E-state index is 11.0. The van der Waals surface area contributed by atoms with Gasteiger partial charge in [-0.3, -0.25) is 4.79 Å². The van der Waals surface area contributed by atoms with Gasteiger partial charge in [-0.1, -0.05) is 0 Å². The van der Waals surface area contributed by atoms with Crippen LogP contribution < -0.4 is 10.1 Å². The number of fused-ring (bicyclic) bond motifs is 1. The number of methoxy groups -OCH3 is 1. The van der Waals surface area contributed by atoms with E-state index in [-0.39, 0.29) is 5.91 Å². The van der Waals surface area contributed by atoms with E-state index >= 15 is 0 Å². The summed E-state index contributed by atoms with van der Waals surface area (Å²) in [4.78, 5) is 19.9. The molecular formula is C13H17ClN4O2. The molecule has 0 saturated heterocycles. The fourth-order valence-corrected chi connectivity index (χ4v) is 2.17. The molecule has 108 valence electrons.